The van der Waals surface area contributed by atoms with Gasteiger partial charge in [0, 0.05) is 22.0 Å². The van der Waals surface area contributed by atoms with E-state index in [0.29, 0.717) is 22.6 Å². The van der Waals surface area contributed by atoms with Crippen LogP contribution in [-0.2, 0) is 12.8 Å². The van der Waals surface area contributed by atoms with Gasteiger partial charge < -0.3 is 11.1 Å². The van der Waals surface area contributed by atoms with Crippen LogP contribution in [0.15, 0.2) is 48.5 Å². The van der Waals surface area contributed by atoms with E-state index in [0.717, 1.165) is 35.3 Å². The molecule has 2 aromatic heterocycles. The zero-order valence-corrected chi connectivity index (χ0v) is 16.5. The third-order valence-corrected chi connectivity index (χ3v) is 5.02. The predicted molar refractivity (Wildman–Crippen MR) is 113 cm³/mol. The molecule has 4 rings (SSSR count). The van der Waals surface area contributed by atoms with Crippen LogP contribution < -0.4 is 11.1 Å². The van der Waals surface area contributed by atoms with E-state index in [1.807, 2.05) is 50.2 Å². The highest BCUT2D eigenvalue weighted by molar-refractivity contribution is 6.30. The van der Waals surface area contributed by atoms with Crippen molar-refractivity contribution in [2.75, 3.05) is 11.1 Å². The van der Waals surface area contributed by atoms with Gasteiger partial charge in [0.1, 0.15) is 5.82 Å². The number of fused-ring (bicyclic) bond motifs is 1. The fourth-order valence-corrected chi connectivity index (χ4v) is 3.37. The van der Waals surface area contributed by atoms with E-state index in [-0.39, 0.29) is 0 Å². The number of hydrogen-bond acceptors (Lipinski definition) is 5. The number of aromatic nitrogens is 4. The third-order valence-electron chi connectivity index (χ3n) is 4.78. The maximum atomic E-state index is 6.42. The average Bonchev–Trinajstić information content (AvgIpc) is 3.08. The predicted octanol–water partition coefficient (Wildman–Crippen LogP) is 4.51. The number of anilines is 3. The van der Waals surface area contributed by atoms with Gasteiger partial charge in [0.15, 0.2) is 0 Å². The molecule has 4 aromatic rings. The molecule has 0 bridgehead atoms. The summed E-state index contributed by atoms with van der Waals surface area (Å²) in [7, 11) is 0. The van der Waals surface area contributed by atoms with Gasteiger partial charge in [-0.2, -0.15) is 9.50 Å². The molecule has 2 aromatic carbocycles. The number of halogens is 1. The van der Waals surface area contributed by atoms with E-state index < -0.39 is 0 Å². The molecule has 28 heavy (non-hydrogen) atoms. The smallest absolute Gasteiger partial charge is 0.256 e. The van der Waals surface area contributed by atoms with Crippen LogP contribution in [0, 0.1) is 13.8 Å². The number of nitrogen functional groups attached to an aromatic ring is 1. The largest absolute Gasteiger partial charge is 0.383 e. The second kappa shape index (κ2) is 7.48. The molecule has 0 aliphatic heterocycles. The summed E-state index contributed by atoms with van der Waals surface area (Å²) in [6.07, 6.45) is 1.68. The molecule has 3 N–H and O–H groups in total. The Kier molecular flexibility index (Phi) is 4.88. The molecule has 2 heterocycles. The standard InChI is InChI=1S/C21H21ClN6/c1-13-8-10-16(22)12-18(13)25-20-26-21-24-14(2)17(19(23)28(21)27-20)11-9-15-6-4-3-5-7-15/h3-8,10,12H,9,11,23H2,1-2H3,(H,25,27). The van der Waals surface area contributed by atoms with Crippen molar-refractivity contribution in [3.63, 3.8) is 0 Å². The maximum Gasteiger partial charge on any atom is 0.256 e. The number of nitrogens with zero attached hydrogens (tertiary/aromatic N) is 4. The summed E-state index contributed by atoms with van der Waals surface area (Å²) in [6.45, 7) is 3.95. The normalized spacial score (nSPS) is 11.1. The van der Waals surface area contributed by atoms with Crippen molar-refractivity contribution in [2.24, 2.45) is 0 Å². The SMILES string of the molecule is Cc1ccc(Cl)cc1Nc1nc2nc(C)c(CCc3ccccc3)c(N)n2n1. The number of benzene rings is 2. The Labute approximate surface area is 168 Å². The number of rotatable bonds is 5. The molecule has 0 unspecified atom stereocenters. The van der Waals surface area contributed by atoms with E-state index in [1.54, 1.807) is 4.52 Å². The van der Waals surface area contributed by atoms with E-state index in [2.05, 4.69) is 32.5 Å². The fourth-order valence-electron chi connectivity index (χ4n) is 3.19. The van der Waals surface area contributed by atoms with Crippen molar-refractivity contribution in [1.29, 1.82) is 0 Å². The van der Waals surface area contributed by atoms with Crippen LogP contribution >= 0.6 is 11.6 Å². The topological polar surface area (TPSA) is 81.1 Å². The third kappa shape index (κ3) is 3.64. The van der Waals surface area contributed by atoms with Gasteiger partial charge in [-0.15, -0.1) is 5.10 Å². The molecule has 0 spiro atoms. The van der Waals surface area contributed by atoms with Crippen molar-refractivity contribution < 1.29 is 0 Å². The first-order chi connectivity index (χ1) is 13.5. The molecule has 142 valence electrons. The number of nitrogens with one attached hydrogen (secondary N) is 1. The van der Waals surface area contributed by atoms with Gasteiger partial charge in [0.2, 0.25) is 5.95 Å². The molecule has 0 aliphatic carbocycles. The highest BCUT2D eigenvalue weighted by Gasteiger charge is 2.15. The van der Waals surface area contributed by atoms with E-state index >= 15 is 0 Å². The maximum absolute atomic E-state index is 6.42. The average molecular weight is 393 g/mol. The Bertz CT molecular complexity index is 1140. The summed E-state index contributed by atoms with van der Waals surface area (Å²) in [5, 5.41) is 8.35. The second-order valence-electron chi connectivity index (χ2n) is 6.78. The second-order valence-corrected chi connectivity index (χ2v) is 7.21. The number of nitrogens with two attached hydrogens (primary N) is 1. The molecule has 0 aliphatic rings. The quantitative estimate of drug-likeness (QED) is 0.522. The van der Waals surface area contributed by atoms with Crippen LogP contribution in [0.2, 0.25) is 5.02 Å². The minimum Gasteiger partial charge on any atom is -0.383 e. The zero-order valence-electron chi connectivity index (χ0n) is 15.8. The highest BCUT2D eigenvalue weighted by Crippen LogP contribution is 2.24. The first-order valence-electron chi connectivity index (χ1n) is 9.10. The molecular formula is C21H21ClN6. The molecule has 0 atom stereocenters. The summed E-state index contributed by atoms with van der Waals surface area (Å²) < 4.78 is 1.59. The highest BCUT2D eigenvalue weighted by atomic mass is 35.5. The molecule has 7 heteroatoms. The summed E-state index contributed by atoms with van der Waals surface area (Å²) in [4.78, 5) is 9.06. The van der Waals surface area contributed by atoms with E-state index in [1.165, 1.54) is 5.56 Å². The molecule has 0 radical (unpaired) electrons. The lowest BCUT2D eigenvalue weighted by Gasteiger charge is -2.09. The van der Waals surface area contributed by atoms with Gasteiger partial charge in [-0.3, -0.25) is 0 Å². The Morgan fingerprint density at radius 2 is 1.82 bits per heavy atom. The van der Waals surface area contributed by atoms with Crippen molar-refractivity contribution in [3.8, 4) is 0 Å². The zero-order chi connectivity index (χ0) is 19.7. The van der Waals surface area contributed by atoms with Crippen molar-refractivity contribution in [3.05, 3.63) is 75.9 Å². The molecule has 0 saturated carbocycles. The van der Waals surface area contributed by atoms with E-state index in [4.69, 9.17) is 17.3 Å². The van der Waals surface area contributed by atoms with Crippen LogP contribution in [-0.4, -0.2) is 19.6 Å². The van der Waals surface area contributed by atoms with Crippen LogP contribution in [0.4, 0.5) is 17.5 Å². The van der Waals surface area contributed by atoms with Crippen LogP contribution in [0.3, 0.4) is 0 Å². The lowest BCUT2D eigenvalue weighted by molar-refractivity contribution is 0.876. The van der Waals surface area contributed by atoms with Crippen LogP contribution in [0.25, 0.3) is 5.78 Å². The first kappa shape index (κ1) is 18.3. The van der Waals surface area contributed by atoms with Crippen molar-refractivity contribution in [2.45, 2.75) is 26.7 Å². The van der Waals surface area contributed by atoms with Crippen molar-refractivity contribution in [1.82, 2.24) is 19.6 Å². The van der Waals surface area contributed by atoms with Gasteiger partial charge in [-0.05, 0) is 49.9 Å². The number of aryl methyl sites for hydroxylation is 3. The Hall–Kier alpha value is -3.12. The fraction of sp³-hybridized carbons (Fsp3) is 0.190. The van der Waals surface area contributed by atoms with Gasteiger partial charge in [-0.25, -0.2) is 4.98 Å². The Balaban J connectivity index is 1.64. The molecule has 0 amide bonds. The Morgan fingerprint density at radius 3 is 2.61 bits per heavy atom. The van der Waals surface area contributed by atoms with Gasteiger partial charge in [-0.1, -0.05) is 48.0 Å². The first-order valence-corrected chi connectivity index (χ1v) is 9.48. The van der Waals surface area contributed by atoms with Crippen molar-refractivity contribution >= 4 is 34.8 Å². The molecular weight excluding hydrogens is 372 g/mol. The molecule has 6 nitrogen and oxygen atoms in total. The minimum atomic E-state index is 0.434. The molecule has 0 saturated heterocycles. The summed E-state index contributed by atoms with van der Waals surface area (Å²) in [6, 6.07) is 16.0. The van der Waals surface area contributed by atoms with Crippen LogP contribution in [0.5, 0.6) is 0 Å². The van der Waals surface area contributed by atoms with Gasteiger partial charge in [0.25, 0.3) is 5.78 Å². The Morgan fingerprint density at radius 1 is 1.04 bits per heavy atom. The van der Waals surface area contributed by atoms with Gasteiger partial charge in [0.05, 0.1) is 0 Å². The minimum absolute atomic E-state index is 0.434. The van der Waals surface area contributed by atoms with Crippen LogP contribution in [0.1, 0.15) is 22.4 Å². The van der Waals surface area contributed by atoms with E-state index in [9.17, 15) is 0 Å². The monoisotopic (exact) mass is 392 g/mol. The summed E-state index contributed by atoms with van der Waals surface area (Å²) in [5.41, 5.74) is 11.4. The summed E-state index contributed by atoms with van der Waals surface area (Å²) >= 11 is 6.10. The lowest BCUT2D eigenvalue weighted by atomic mass is 10.0. The molecule has 0 fully saturated rings. The summed E-state index contributed by atoms with van der Waals surface area (Å²) in [5.74, 6) is 1.48. The van der Waals surface area contributed by atoms with Gasteiger partial charge >= 0.3 is 0 Å². The number of hydrogen-bond donors (Lipinski definition) is 2. The lowest BCUT2D eigenvalue weighted by Crippen LogP contribution is -2.09.